The van der Waals surface area contributed by atoms with Crippen LogP contribution in [0.1, 0.15) is 18.9 Å². The lowest BCUT2D eigenvalue weighted by Gasteiger charge is -2.46. The number of hydrogen-bond donors (Lipinski definition) is 1. The molecule has 1 heterocycles. The van der Waals surface area contributed by atoms with E-state index in [2.05, 4.69) is 29.0 Å². The van der Waals surface area contributed by atoms with E-state index in [0.717, 1.165) is 10.5 Å². The molecule has 1 aliphatic carbocycles. The number of amides is 3. The normalized spacial score (nSPS) is 24.0. The Labute approximate surface area is 157 Å². The number of ether oxygens (including phenoxy) is 1. The highest BCUT2D eigenvalue weighted by molar-refractivity contribution is 6.01. The number of hydrogen-bond acceptors (Lipinski definition) is 4. The van der Waals surface area contributed by atoms with Crippen molar-refractivity contribution in [3.05, 3.63) is 48.0 Å². The molecule has 0 spiro atoms. The van der Waals surface area contributed by atoms with Crippen LogP contribution in [0.2, 0.25) is 0 Å². The minimum atomic E-state index is -0.891. The highest BCUT2D eigenvalue weighted by Gasteiger charge is 2.54. The second kappa shape index (κ2) is 8.25. The van der Waals surface area contributed by atoms with Gasteiger partial charge in [-0.25, -0.2) is 4.79 Å². The zero-order valence-corrected chi connectivity index (χ0v) is 14.8. The number of allylic oxidation sites excluding steroid dienone is 2. The predicted molar refractivity (Wildman–Crippen MR) is 97.7 cm³/mol. The highest BCUT2D eigenvalue weighted by atomic mass is 16.5. The first kappa shape index (κ1) is 18.3. The molecule has 1 aromatic rings. The number of nitrogens with one attached hydrogen (secondary N) is 1. The summed E-state index contributed by atoms with van der Waals surface area (Å²) in [4.78, 5) is 37.7. The zero-order chi connectivity index (χ0) is 19.2. The van der Waals surface area contributed by atoms with Gasteiger partial charge in [0.25, 0.3) is 0 Å². The van der Waals surface area contributed by atoms with Crippen molar-refractivity contribution in [2.45, 2.75) is 32.0 Å². The Morgan fingerprint density at radius 2 is 1.96 bits per heavy atom. The molecule has 0 saturated carbocycles. The Kier molecular flexibility index (Phi) is 5.58. The number of β-lactam (4-membered cyclic amide) rings is 1. The zero-order valence-electron chi connectivity index (χ0n) is 14.8. The highest BCUT2D eigenvalue weighted by Crippen LogP contribution is 2.33. The smallest absolute Gasteiger partial charge is 0.324 e. The number of esters is 1. The van der Waals surface area contributed by atoms with E-state index in [-0.39, 0.29) is 18.9 Å². The third-order valence-electron chi connectivity index (χ3n) is 4.27. The van der Waals surface area contributed by atoms with Crippen LogP contribution in [0, 0.1) is 29.6 Å². The van der Waals surface area contributed by atoms with Crippen molar-refractivity contribution in [2.24, 2.45) is 5.92 Å². The van der Waals surface area contributed by atoms with Gasteiger partial charge in [0.1, 0.15) is 6.04 Å². The fraction of sp³-hybridized carbons (Fsp3) is 0.286. The van der Waals surface area contributed by atoms with Crippen LogP contribution >= 0.6 is 0 Å². The monoisotopic (exact) mass is 362 g/mol. The van der Waals surface area contributed by atoms with Crippen molar-refractivity contribution in [3.63, 3.8) is 0 Å². The Hall–Kier alpha value is -3.51. The first-order valence-electron chi connectivity index (χ1n) is 8.54. The number of benzene rings is 1. The number of likely N-dealkylation sites (tertiary alicyclic amines) is 1. The van der Waals surface area contributed by atoms with Gasteiger partial charge in [0.05, 0.1) is 5.92 Å². The minimum Gasteiger partial charge on any atom is -0.447 e. The number of urea groups is 1. The van der Waals surface area contributed by atoms with Gasteiger partial charge < -0.3 is 10.1 Å². The molecule has 1 saturated heterocycles. The van der Waals surface area contributed by atoms with Crippen molar-refractivity contribution in [3.8, 4) is 23.7 Å². The lowest BCUT2D eigenvalue weighted by molar-refractivity contribution is -0.164. The van der Waals surface area contributed by atoms with Gasteiger partial charge in [-0.3, -0.25) is 14.5 Å². The molecule has 1 N–H and O–H groups in total. The minimum absolute atomic E-state index is 0.274. The van der Waals surface area contributed by atoms with Crippen LogP contribution in [-0.2, 0) is 20.9 Å². The van der Waals surface area contributed by atoms with Gasteiger partial charge >= 0.3 is 12.0 Å². The first-order valence-corrected chi connectivity index (χ1v) is 8.54. The van der Waals surface area contributed by atoms with E-state index in [9.17, 15) is 14.4 Å². The standard InChI is InChI=1S/C21H18N2O4/c1-15(24)27-18-13-9-4-2-3-8-12-17-19(18)23(20(17)25)21(26)22-14-16-10-6-5-7-11-16/h2,4-7,10-11,17-19H,12,14H2,1H3,(H,22,26)/b4-2-/t17-,18-,19+/m1/s1. The molecule has 1 aliphatic heterocycles. The molecule has 136 valence electrons. The van der Waals surface area contributed by atoms with Gasteiger partial charge in [-0.15, -0.1) is 0 Å². The number of rotatable bonds is 3. The second-order valence-corrected chi connectivity index (χ2v) is 6.13. The van der Waals surface area contributed by atoms with Gasteiger partial charge in [0, 0.05) is 19.9 Å². The third-order valence-corrected chi connectivity index (χ3v) is 4.27. The van der Waals surface area contributed by atoms with E-state index in [1.807, 2.05) is 30.3 Å². The molecule has 0 aromatic heterocycles. The summed E-state index contributed by atoms with van der Waals surface area (Å²) in [6, 6.07) is 8.17. The molecule has 27 heavy (non-hydrogen) atoms. The van der Waals surface area contributed by atoms with Gasteiger partial charge in [-0.05, 0) is 17.7 Å². The van der Waals surface area contributed by atoms with Crippen molar-refractivity contribution in [1.82, 2.24) is 10.2 Å². The molecule has 3 rings (SSSR count). The average Bonchev–Trinajstić information content (AvgIpc) is 2.65. The van der Waals surface area contributed by atoms with E-state index < -0.39 is 30.1 Å². The predicted octanol–water partition coefficient (Wildman–Crippen LogP) is 1.62. The lowest BCUT2D eigenvalue weighted by Crippen LogP contribution is -2.69. The molecule has 0 bridgehead atoms. The molecular formula is C21H18N2O4. The fourth-order valence-electron chi connectivity index (χ4n) is 3.02. The number of carbonyl (C=O) groups excluding carboxylic acids is 3. The van der Waals surface area contributed by atoms with Crippen LogP contribution in [0.5, 0.6) is 0 Å². The Morgan fingerprint density at radius 1 is 1.22 bits per heavy atom. The summed E-state index contributed by atoms with van der Waals surface area (Å²) >= 11 is 0. The SMILES string of the molecule is CC(=O)O[C@@H]1C#C/C=C\C#CC[C@H]2C(=O)N(C(=O)NCc3ccccc3)[C@H]12. The van der Waals surface area contributed by atoms with Gasteiger partial charge in [-0.2, -0.15) is 0 Å². The molecular weight excluding hydrogens is 344 g/mol. The van der Waals surface area contributed by atoms with Gasteiger partial charge in [0.2, 0.25) is 5.91 Å². The quantitative estimate of drug-likeness (QED) is 0.504. The molecule has 0 unspecified atom stereocenters. The van der Waals surface area contributed by atoms with E-state index in [0.29, 0.717) is 0 Å². The van der Waals surface area contributed by atoms with Crippen LogP contribution in [-0.4, -0.2) is 35.0 Å². The third kappa shape index (κ3) is 4.19. The maximum absolute atomic E-state index is 12.6. The Bertz CT molecular complexity index is 899. The molecule has 6 heteroatoms. The molecule has 0 radical (unpaired) electrons. The topological polar surface area (TPSA) is 75.7 Å². The van der Waals surface area contributed by atoms with Crippen molar-refractivity contribution in [1.29, 1.82) is 0 Å². The number of carbonyl (C=O) groups is 3. The fourth-order valence-corrected chi connectivity index (χ4v) is 3.02. The van der Waals surface area contributed by atoms with Crippen LogP contribution in [0.15, 0.2) is 42.5 Å². The summed E-state index contributed by atoms with van der Waals surface area (Å²) in [7, 11) is 0. The number of fused-ring (bicyclic) bond motifs is 1. The molecule has 3 amide bonds. The van der Waals surface area contributed by atoms with E-state index in [1.54, 1.807) is 12.2 Å². The van der Waals surface area contributed by atoms with Crippen molar-refractivity contribution < 1.29 is 19.1 Å². The molecule has 6 nitrogen and oxygen atoms in total. The van der Waals surface area contributed by atoms with E-state index in [1.165, 1.54) is 6.92 Å². The van der Waals surface area contributed by atoms with Crippen LogP contribution in [0.4, 0.5) is 4.79 Å². The van der Waals surface area contributed by atoms with Crippen LogP contribution < -0.4 is 5.32 Å². The van der Waals surface area contributed by atoms with E-state index >= 15 is 0 Å². The summed E-state index contributed by atoms with van der Waals surface area (Å²) in [5, 5.41) is 2.73. The summed E-state index contributed by atoms with van der Waals surface area (Å²) in [5.41, 5.74) is 0.911. The van der Waals surface area contributed by atoms with Crippen molar-refractivity contribution >= 4 is 17.9 Å². The number of imide groups is 1. The summed E-state index contributed by atoms with van der Waals surface area (Å²) in [6.07, 6.45) is 2.50. The van der Waals surface area contributed by atoms with Crippen LogP contribution in [0.3, 0.4) is 0 Å². The maximum Gasteiger partial charge on any atom is 0.324 e. The summed E-state index contributed by atoms with van der Waals surface area (Å²) in [5.74, 6) is 9.83. The maximum atomic E-state index is 12.6. The first-order chi connectivity index (χ1) is 13.1. The van der Waals surface area contributed by atoms with Crippen molar-refractivity contribution in [2.75, 3.05) is 0 Å². The van der Waals surface area contributed by atoms with Gasteiger partial charge in [-0.1, -0.05) is 54.0 Å². The summed E-state index contributed by atoms with van der Waals surface area (Å²) < 4.78 is 5.28. The van der Waals surface area contributed by atoms with Crippen LogP contribution in [0.25, 0.3) is 0 Å². The Morgan fingerprint density at radius 3 is 2.70 bits per heavy atom. The molecule has 1 aromatic carbocycles. The number of nitrogens with zero attached hydrogens (tertiary/aromatic N) is 1. The summed E-state index contributed by atoms with van der Waals surface area (Å²) in [6.45, 7) is 1.55. The Balaban J connectivity index is 1.79. The molecule has 2 aliphatic rings. The van der Waals surface area contributed by atoms with Gasteiger partial charge in [0.15, 0.2) is 6.10 Å². The molecule has 3 atom stereocenters. The second-order valence-electron chi connectivity index (χ2n) is 6.13. The molecule has 1 fully saturated rings. The lowest BCUT2D eigenvalue weighted by atomic mass is 9.81. The largest absolute Gasteiger partial charge is 0.447 e. The van der Waals surface area contributed by atoms with E-state index in [4.69, 9.17) is 4.74 Å². The average molecular weight is 362 g/mol.